The molecule has 7 heteroatoms. The maximum atomic E-state index is 13.4. The summed E-state index contributed by atoms with van der Waals surface area (Å²) in [6.45, 7) is 7.48. The standard InChI is InChI=1S/C30H29NO6/c1-18(2)17-37-23-10-8-22(9-11-23)31-27(20-6-4-5-19(3)15-20)26(29(33)30(31)34)28(32)21-7-12-24-25(16-21)36-14-13-35-24/h4-12,15-16,18,27,32H,13-14,17H2,1-3H3/b28-26-. The summed E-state index contributed by atoms with van der Waals surface area (Å²) in [5.41, 5.74) is 2.62. The van der Waals surface area contributed by atoms with E-state index in [1.165, 1.54) is 4.90 Å². The topological polar surface area (TPSA) is 85.3 Å². The van der Waals surface area contributed by atoms with Gasteiger partial charge in [0.2, 0.25) is 0 Å². The number of aliphatic hydroxyl groups is 1. The lowest BCUT2D eigenvalue weighted by atomic mass is 9.94. The lowest BCUT2D eigenvalue weighted by Crippen LogP contribution is -2.29. The Hall–Kier alpha value is -4.26. The average molecular weight is 500 g/mol. The summed E-state index contributed by atoms with van der Waals surface area (Å²) in [4.78, 5) is 28.3. The van der Waals surface area contributed by atoms with Crippen LogP contribution in [-0.2, 0) is 9.59 Å². The van der Waals surface area contributed by atoms with Gasteiger partial charge in [-0.2, -0.15) is 0 Å². The maximum absolute atomic E-state index is 13.4. The van der Waals surface area contributed by atoms with Crippen molar-refractivity contribution >= 4 is 23.1 Å². The van der Waals surface area contributed by atoms with Crippen molar-refractivity contribution in [3.05, 3.63) is 89.0 Å². The number of ether oxygens (including phenoxy) is 3. The number of carbonyl (C=O) groups excluding carboxylic acids is 2. The minimum atomic E-state index is -0.810. The number of hydrogen-bond acceptors (Lipinski definition) is 6. The van der Waals surface area contributed by atoms with E-state index in [0.717, 1.165) is 11.1 Å². The Morgan fingerprint density at radius 1 is 1.00 bits per heavy atom. The third-order valence-corrected chi connectivity index (χ3v) is 6.32. The largest absolute Gasteiger partial charge is 0.507 e. The number of nitrogens with zero attached hydrogens (tertiary/aromatic N) is 1. The number of aryl methyl sites for hydroxylation is 1. The van der Waals surface area contributed by atoms with Gasteiger partial charge in [-0.05, 0) is 60.9 Å². The van der Waals surface area contributed by atoms with Crippen molar-refractivity contribution in [1.82, 2.24) is 0 Å². The van der Waals surface area contributed by atoms with Crippen LogP contribution in [-0.4, -0.2) is 36.6 Å². The van der Waals surface area contributed by atoms with Gasteiger partial charge in [-0.3, -0.25) is 14.5 Å². The molecule has 0 radical (unpaired) electrons. The van der Waals surface area contributed by atoms with Crippen molar-refractivity contribution in [2.24, 2.45) is 5.92 Å². The number of hydrogen-bond donors (Lipinski definition) is 1. The highest BCUT2D eigenvalue weighted by Crippen LogP contribution is 2.43. The van der Waals surface area contributed by atoms with E-state index in [1.807, 2.05) is 31.2 Å². The van der Waals surface area contributed by atoms with Crippen molar-refractivity contribution in [3.8, 4) is 17.2 Å². The van der Waals surface area contributed by atoms with Crippen LogP contribution < -0.4 is 19.1 Å². The second-order valence-electron chi connectivity index (χ2n) is 9.64. The molecule has 3 aromatic rings. The number of fused-ring (bicyclic) bond motifs is 1. The molecule has 1 N–H and O–H groups in total. The van der Waals surface area contributed by atoms with Crippen LogP contribution in [0.4, 0.5) is 5.69 Å². The summed E-state index contributed by atoms with van der Waals surface area (Å²) in [7, 11) is 0. The zero-order valence-electron chi connectivity index (χ0n) is 21.1. The first-order chi connectivity index (χ1) is 17.8. The zero-order chi connectivity index (χ0) is 26.1. The molecule has 1 fully saturated rings. The molecule has 5 rings (SSSR count). The molecule has 2 heterocycles. The van der Waals surface area contributed by atoms with Crippen LogP contribution in [0.2, 0.25) is 0 Å². The lowest BCUT2D eigenvalue weighted by molar-refractivity contribution is -0.132. The predicted octanol–water partition coefficient (Wildman–Crippen LogP) is 5.43. The summed E-state index contributed by atoms with van der Waals surface area (Å²) in [5.74, 6) is 0.380. The third kappa shape index (κ3) is 4.77. The van der Waals surface area contributed by atoms with E-state index >= 15 is 0 Å². The van der Waals surface area contributed by atoms with Crippen LogP contribution in [0.3, 0.4) is 0 Å². The van der Waals surface area contributed by atoms with Gasteiger partial charge < -0.3 is 19.3 Å². The fourth-order valence-corrected chi connectivity index (χ4v) is 4.57. The van der Waals surface area contributed by atoms with Crippen LogP contribution in [0.15, 0.2) is 72.3 Å². The Bertz CT molecular complexity index is 1380. The van der Waals surface area contributed by atoms with Crippen LogP contribution >= 0.6 is 0 Å². The highest BCUT2D eigenvalue weighted by atomic mass is 16.6. The Balaban J connectivity index is 1.60. The first kappa shape index (κ1) is 24.4. The molecule has 0 saturated carbocycles. The van der Waals surface area contributed by atoms with Crippen LogP contribution in [0.25, 0.3) is 5.76 Å². The summed E-state index contributed by atoms with van der Waals surface area (Å²) in [5, 5.41) is 11.4. The predicted molar refractivity (Wildman–Crippen MR) is 140 cm³/mol. The molecule has 1 atom stereocenters. The number of anilines is 1. The van der Waals surface area contributed by atoms with Crippen molar-refractivity contribution in [3.63, 3.8) is 0 Å². The van der Waals surface area contributed by atoms with Gasteiger partial charge in [0.15, 0.2) is 11.5 Å². The first-order valence-corrected chi connectivity index (χ1v) is 12.3. The zero-order valence-corrected chi connectivity index (χ0v) is 21.1. The smallest absolute Gasteiger partial charge is 0.300 e. The fraction of sp³-hybridized carbons (Fsp3) is 0.267. The van der Waals surface area contributed by atoms with E-state index in [-0.39, 0.29) is 11.3 Å². The highest BCUT2D eigenvalue weighted by molar-refractivity contribution is 6.51. The molecular weight excluding hydrogens is 470 g/mol. The highest BCUT2D eigenvalue weighted by Gasteiger charge is 2.47. The van der Waals surface area contributed by atoms with Crippen LogP contribution in [0.5, 0.6) is 17.2 Å². The van der Waals surface area contributed by atoms with E-state index in [2.05, 4.69) is 13.8 Å². The summed E-state index contributed by atoms with van der Waals surface area (Å²) < 4.78 is 17.0. The van der Waals surface area contributed by atoms with Gasteiger partial charge in [0.1, 0.15) is 24.7 Å². The van der Waals surface area contributed by atoms with Gasteiger partial charge in [0.25, 0.3) is 11.7 Å². The van der Waals surface area contributed by atoms with Crippen molar-refractivity contribution < 1.29 is 28.9 Å². The molecule has 7 nitrogen and oxygen atoms in total. The van der Waals surface area contributed by atoms with Gasteiger partial charge in [0.05, 0.1) is 18.2 Å². The summed E-state index contributed by atoms with van der Waals surface area (Å²) in [6, 6.07) is 18.8. The fourth-order valence-electron chi connectivity index (χ4n) is 4.57. The molecule has 0 spiro atoms. The number of amides is 1. The lowest BCUT2D eigenvalue weighted by Gasteiger charge is -2.26. The van der Waals surface area contributed by atoms with E-state index in [9.17, 15) is 14.7 Å². The Morgan fingerprint density at radius 2 is 1.73 bits per heavy atom. The molecular formula is C30H29NO6. The Morgan fingerprint density at radius 3 is 2.43 bits per heavy atom. The average Bonchev–Trinajstić information content (AvgIpc) is 3.17. The molecule has 1 unspecified atom stereocenters. The minimum Gasteiger partial charge on any atom is -0.507 e. The second-order valence-corrected chi connectivity index (χ2v) is 9.64. The molecule has 2 aliphatic rings. The van der Waals surface area contributed by atoms with Gasteiger partial charge in [-0.1, -0.05) is 43.7 Å². The number of carbonyl (C=O) groups is 2. The molecule has 3 aromatic carbocycles. The molecule has 2 aliphatic heterocycles. The van der Waals surface area contributed by atoms with E-state index in [1.54, 1.807) is 42.5 Å². The van der Waals surface area contributed by atoms with E-state index < -0.39 is 17.7 Å². The van der Waals surface area contributed by atoms with Crippen molar-refractivity contribution in [1.29, 1.82) is 0 Å². The molecule has 0 bridgehead atoms. The monoisotopic (exact) mass is 499 g/mol. The number of ketones is 1. The van der Waals surface area contributed by atoms with E-state index in [0.29, 0.717) is 54.2 Å². The van der Waals surface area contributed by atoms with Gasteiger partial charge in [-0.15, -0.1) is 0 Å². The van der Waals surface area contributed by atoms with Crippen molar-refractivity contribution in [2.45, 2.75) is 26.8 Å². The summed E-state index contributed by atoms with van der Waals surface area (Å²) in [6.07, 6.45) is 0. The normalized spacial score (nSPS) is 18.4. The number of Topliss-reactive ketones (excluding diaryl/α,β-unsaturated/α-hetero) is 1. The van der Waals surface area contributed by atoms with Crippen LogP contribution in [0.1, 0.15) is 36.6 Å². The second kappa shape index (κ2) is 10.0. The van der Waals surface area contributed by atoms with Gasteiger partial charge >= 0.3 is 0 Å². The first-order valence-electron chi connectivity index (χ1n) is 12.3. The number of benzene rings is 3. The van der Waals surface area contributed by atoms with Gasteiger partial charge in [-0.25, -0.2) is 0 Å². The van der Waals surface area contributed by atoms with E-state index in [4.69, 9.17) is 14.2 Å². The summed E-state index contributed by atoms with van der Waals surface area (Å²) >= 11 is 0. The quantitative estimate of drug-likeness (QED) is 0.277. The molecule has 1 amide bonds. The molecule has 190 valence electrons. The number of aliphatic hydroxyl groups excluding tert-OH is 1. The molecule has 0 aromatic heterocycles. The van der Waals surface area contributed by atoms with Crippen molar-refractivity contribution in [2.75, 3.05) is 24.7 Å². The number of rotatable bonds is 6. The minimum absolute atomic E-state index is 0.0208. The molecule has 0 aliphatic carbocycles. The third-order valence-electron chi connectivity index (χ3n) is 6.32. The van der Waals surface area contributed by atoms with Crippen LogP contribution in [0, 0.1) is 12.8 Å². The molecule has 37 heavy (non-hydrogen) atoms. The maximum Gasteiger partial charge on any atom is 0.300 e. The van der Waals surface area contributed by atoms with Gasteiger partial charge in [0, 0.05) is 11.3 Å². The SMILES string of the molecule is Cc1cccc(C2/C(=C(/O)c3ccc4c(c3)OCCO4)C(=O)C(=O)N2c2ccc(OCC(C)C)cc2)c1. The Labute approximate surface area is 215 Å². The Kier molecular flexibility index (Phi) is 6.61. The molecule has 1 saturated heterocycles.